The molecule has 1 heterocycles. The zero-order chi connectivity index (χ0) is 21.6. The highest BCUT2D eigenvalue weighted by Crippen LogP contribution is 2.30. The lowest BCUT2D eigenvalue weighted by atomic mass is 10.1. The van der Waals surface area contributed by atoms with Gasteiger partial charge in [-0.05, 0) is 48.4 Å². The Morgan fingerprint density at radius 3 is 2.45 bits per heavy atom. The second-order valence-electron chi connectivity index (χ2n) is 6.91. The summed E-state index contributed by atoms with van der Waals surface area (Å²) in [7, 11) is 1.64. The summed E-state index contributed by atoms with van der Waals surface area (Å²) < 4.78 is 21.6. The Bertz CT molecular complexity index is 1130. The molecule has 3 aromatic carbocycles. The number of hydrogen-bond donors (Lipinski definition) is 0. The van der Waals surface area contributed by atoms with Gasteiger partial charge >= 0.3 is 0 Å². The van der Waals surface area contributed by atoms with E-state index in [-0.39, 0.29) is 5.82 Å². The Hall–Kier alpha value is -2.83. The van der Waals surface area contributed by atoms with Gasteiger partial charge < -0.3 is 9.30 Å². The van der Waals surface area contributed by atoms with E-state index in [0.29, 0.717) is 22.9 Å². The third-order valence-corrected chi connectivity index (χ3v) is 6.29. The first-order chi connectivity index (χ1) is 15.2. The molecule has 0 saturated heterocycles. The van der Waals surface area contributed by atoms with Crippen molar-refractivity contribution in [2.24, 2.45) is 0 Å². The molecule has 0 spiro atoms. The summed E-state index contributed by atoms with van der Waals surface area (Å²) in [4.78, 5) is 0. The van der Waals surface area contributed by atoms with E-state index < -0.39 is 0 Å². The average Bonchev–Trinajstić information content (AvgIpc) is 3.21. The summed E-state index contributed by atoms with van der Waals surface area (Å²) in [6.45, 7) is 0.700. The van der Waals surface area contributed by atoms with E-state index in [1.54, 1.807) is 19.2 Å². The van der Waals surface area contributed by atoms with Gasteiger partial charge in [0.1, 0.15) is 11.6 Å². The molecule has 0 unspecified atom stereocenters. The van der Waals surface area contributed by atoms with Crippen LogP contribution in [0.2, 0.25) is 5.02 Å². The van der Waals surface area contributed by atoms with Crippen molar-refractivity contribution in [1.29, 1.82) is 0 Å². The average molecular weight is 454 g/mol. The molecule has 0 radical (unpaired) electrons. The highest BCUT2D eigenvalue weighted by Gasteiger charge is 2.16. The first kappa shape index (κ1) is 21.4. The first-order valence-corrected chi connectivity index (χ1v) is 11.2. The van der Waals surface area contributed by atoms with E-state index in [9.17, 15) is 4.39 Å². The van der Waals surface area contributed by atoms with Crippen molar-refractivity contribution in [1.82, 2.24) is 14.8 Å². The smallest absolute Gasteiger partial charge is 0.191 e. The lowest BCUT2D eigenvalue weighted by Gasteiger charge is -2.11. The topological polar surface area (TPSA) is 39.9 Å². The maximum atomic E-state index is 14.2. The molecule has 0 saturated carbocycles. The predicted molar refractivity (Wildman–Crippen MR) is 123 cm³/mol. The van der Waals surface area contributed by atoms with Gasteiger partial charge in [-0.15, -0.1) is 10.2 Å². The Balaban J connectivity index is 1.62. The summed E-state index contributed by atoms with van der Waals surface area (Å²) in [5, 5.41) is 9.98. The van der Waals surface area contributed by atoms with E-state index in [4.69, 9.17) is 16.3 Å². The molecule has 158 valence electrons. The minimum Gasteiger partial charge on any atom is -0.497 e. The molecule has 7 heteroatoms. The molecule has 0 fully saturated rings. The molecule has 0 aliphatic rings. The summed E-state index contributed by atoms with van der Waals surface area (Å²) in [5.41, 5.74) is 2.64. The fraction of sp³-hybridized carbons (Fsp3) is 0.167. The van der Waals surface area contributed by atoms with Crippen molar-refractivity contribution >= 4 is 23.4 Å². The van der Waals surface area contributed by atoms with Crippen LogP contribution in [0.3, 0.4) is 0 Å². The van der Waals surface area contributed by atoms with Crippen LogP contribution in [0.1, 0.15) is 11.1 Å². The van der Waals surface area contributed by atoms with E-state index in [0.717, 1.165) is 28.7 Å². The third-order valence-electron chi connectivity index (χ3n) is 4.94. The first-order valence-electron chi connectivity index (χ1n) is 9.83. The Labute approximate surface area is 190 Å². The van der Waals surface area contributed by atoms with Crippen molar-refractivity contribution < 1.29 is 9.13 Å². The van der Waals surface area contributed by atoms with E-state index >= 15 is 0 Å². The van der Waals surface area contributed by atoms with Gasteiger partial charge in [0.25, 0.3) is 0 Å². The zero-order valence-corrected chi connectivity index (χ0v) is 18.5. The number of thioether (sulfide) groups is 1. The molecule has 31 heavy (non-hydrogen) atoms. The van der Waals surface area contributed by atoms with Gasteiger partial charge in [0.15, 0.2) is 11.0 Å². The van der Waals surface area contributed by atoms with Crippen LogP contribution < -0.4 is 4.74 Å². The third kappa shape index (κ3) is 5.09. The molecular formula is C24H21ClFN3OS. The van der Waals surface area contributed by atoms with Gasteiger partial charge in [-0.1, -0.05) is 59.8 Å². The number of aromatic nitrogens is 3. The number of nitrogens with zero attached hydrogens (tertiary/aromatic N) is 3. The van der Waals surface area contributed by atoms with Crippen LogP contribution in [-0.4, -0.2) is 21.9 Å². The number of halogens is 2. The van der Waals surface area contributed by atoms with Crippen LogP contribution in [0.15, 0.2) is 78.0 Å². The highest BCUT2D eigenvalue weighted by molar-refractivity contribution is 7.98. The van der Waals surface area contributed by atoms with Crippen LogP contribution >= 0.6 is 23.4 Å². The van der Waals surface area contributed by atoms with Gasteiger partial charge in [0.05, 0.1) is 7.11 Å². The Morgan fingerprint density at radius 1 is 0.968 bits per heavy atom. The van der Waals surface area contributed by atoms with Crippen molar-refractivity contribution in [3.8, 4) is 17.1 Å². The molecule has 0 amide bonds. The van der Waals surface area contributed by atoms with Crippen LogP contribution in [0.4, 0.5) is 4.39 Å². The predicted octanol–water partition coefficient (Wildman–Crippen LogP) is 6.28. The lowest BCUT2D eigenvalue weighted by molar-refractivity contribution is 0.415. The number of benzene rings is 3. The summed E-state index contributed by atoms with van der Waals surface area (Å²) in [6, 6.07) is 22.7. The van der Waals surface area contributed by atoms with E-state index in [2.05, 4.69) is 26.9 Å². The van der Waals surface area contributed by atoms with Gasteiger partial charge in [0.2, 0.25) is 0 Å². The molecule has 0 atom stereocenters. The standard InChI is InChI=1S/C24H21ClFN3OS/c1-30-19-12-10-18(11-13-19)23-27-28-24(29(23)15-14-17-6-3-2-4-7-17)31-16-20-21(25)8-5-9-22(20)26/h2-13H,14-16H2,1H3. The minimum absolute atomic E-state index is 0.314. The number of ether oxygens (including phenoxy) is 1. The van der Waals surface area contributed by atoms with Crippen molar-refractivity contribution in [3.05, 3.63) is 94.8 Å². The van der Waals surface area contributed by atoms with Gasteiger partial charge in [-0.2, -0.15) is 0 Å². The molecule has 0 bridgehead atoms. The number of methoxy groups -OCH3 is 1. The van der Waals surface area contributed by atoms with Gasteiger partial charge in [-0.25, -0.2) is 4.39 Å². The Kier molecular flexibility index (Phi) is 6.89. The summed E-state index contributed by atoms with van der Waals surface area (Å²) >= 11 is 7.63. The van der Waals surface area contributed by atoms with Crippen LogP contribution in [0.25, 0.3) is 11.4 Å². The highest BCUT2D eigenvalue weighted by atomic mass is 35.5. The van der Waals surface area contributed by atoms with Crippen molar-refractivity contribution in [3.63, 3.8) is 0 Å². The van der Waals surface area contributed by atoms with Crippen molar-refractivity contribution in [2.75, 3.05) is 7.11 Å². The second-order valence-corrected chi connectivity index (χ2v) is 8.26. The molecule has 0 aliphatic heterocycles. The quantitative estimate of drug-likeness (QED) is 0.294. The summed E-state index contributed by atoms with van der Waals surface area (Å²) in [5.74, 6) is 1.60. The monoisotopic (exact) mass is 453 g/mol. The Morgan fingerprint density at radius 2 is 1.74 bits per heavy atom. The minimum atomic E-state index is -0.314. The number of rotatable bonds is 8. The normalized spacial score (nSPS) is 10.9. The second kappa shape index (κ2) is 9.98. The number of hydrogen-bond acceptors (Lipinski definition) is 4. The zero-order valence-electron chi connectivity index (χ0n) is 17.0. The molecular weight excluding hydrogens is 433 g/mol. The fourth-order valence-electron chi connectivity index (χ4n) is 3.24. The van der Waals surface area contributed by atoms with E-state index in [1.165, 1.54) is 23.4 Å². The SMILES string of the molecule is COc1ccc(-c2nnc(SCc3c(F)cccc3Cl)n2CCc2ccccc2)cc1. The maximum Gasteiger partial charge on any atom is 0.191 e. The molecule has 0 N–H and O–H groups in total. The summed E-state index contributed by atoms with van der Waals surface area (Å²) in [6.07, 6.45) is 0.829. The molecule has 4 aromatic rings. The van der Waals surface area contributed by atoms with E-state index in [1.807, 2.05) is 42.5 Å². The fourth-order valence-corrected chi connectivity index (χ4v) is 4.55. The van der Waals surface area contributed by atoms with Crippen LogP contribution in [-0.2, 0) is 18.7 Å². The van der Waals surface area contributed by atoms with Crippen molar-refractivity contribution in [2.45, 2.75) is 23.9 Å². The molecule has 1 aromatic heterocycles. The molecule has 4 nitrogen and oxygen atoms in total. The van der Waals surface area contributed by atoms with Crippen LogP contribution in [0, 0.1) is 5.82 Å². The largest absolute Gasteiger partial charge is 0.497 e. The lowest BCUT2D eigenvalue weighted by Crippen LogP contribution is -2.05. The number of aryl methyl sites for hydroxylation is 1. The maximum absolute atomic E-state index is 14.2. The van der Waals surface area contributed by atoms with Crippen LogP contribution in [0.5, 0.6) is 5.75 Å². The molecule has 4 rings (SSSR count). The molecule has 0 aliphatic carbocycles. The van der Waals surface area contributed by atoms with Gasteiger partial charge in [0, 0.05) is 28.4 Å². The van der Waals surface area contributed by atoms with Gasteiger partial charge in [-0.3, -0.25) is 0 Å².